The minimum absolute atomic E-state index is 0.637. The minimum Gasteiger partial charge on any atom is -0.497 e. The van der Waals surface area contributed by atoms with Crippen molar-refractivity contribution < 1.29 is 4.74 Å². The van der Waals surface area contributed by atoms with Crippen molar-refractivity contribution in [1.29, 1.82) is 0 Å². The lowest BCUT2D eigenvalue weighted by Gasteiger charge is -2.24. The molecule has 1 aliphatic heterocycles. The zero-order valence-corrected chi connectivity index (χ0v) is 11.6. The summed E-state index contributed by atoms with van der Waals surface area (Å²) in [4.78, 5) is 4.64. The summed E-state index contributed by atoms with van der Waals surface area (Å²) in [5.74, 6) is 1.55. The summed E-state index contributed by atoms with van der Waals surface area (Å²) in [6.07, 6.45) is 2.41. The fourth-order valence-corrected chi connectivity index (χ4v) is 2.97. The third-order valence-electron chi connectivity index (χ3n) is 3.95. The number of pyridine rings is 1. The molecule has 1 aromatic carbocycles. The highest BCUT2D eigenvalue weighted by molar-refractivity contribution is 5.84. The van der Waals surface area contributed by atoms with Crippen LogP contribution in [0.4, 0.5) is 0 Å². The molecule has 1 fully saturated rings. The number of aryl methyl sites for hydroxylation is 1. The molecule has 19 heavy (non-hydrogen) atoms. The first-order valence-corrected chi connectivity index (χ1v) is 6.94. The molecule has 0 saturated carbocycles. The van der Waals surface area contributed by atoms with Crippen LogP contribution in [0.15, 0.2) is 24.3 Å². The van der Waals surface area contributed by atoms with Crippen LogP contribution in [-0.4, -0.2) is 25.2 Å². The minimum atomic E-state index is 0.637. The van der Waals surface area contributed by atoms with Gasteiger partial charge in [0.25, 0.3) is 0 Å². The van der Waals surface area contributed by atoms with Crippen molar-refractivity contribution in [2.45, 2.75) is 25.7 Å². The quantitative estimate of drug-likeness (QED) is 0.897. The van der Waals surface area contributed by atoms with Crippen molar-refractivity contribution in [3.63, 3.8) is 0 Å². The Bertz CT molecular complexity index is 589. The molecule has 3 heteroatoms. The topological polar surface area (TPSA) is 34.1 Å². The molecule has 3 rings (SSSR count). The van der Waals surface area contributed by atoms with Crippen LogP contribution < -0.4 is 10.1 Å². The van der Waals surface area contributed by atoms with Crippen molar-refractivity contribution in [3.8, 4) is 5.75 Å². The van der Waals surface area contributed by atoms with Gasteiger partial charge in [-0.2, -0.15) is 0 Å². The maximum atomic E-state index is 5.35. The second-order valence-corrected chi connectivity index (χ2v) is 5.26. The molecule has 0 atom stereocenters. The van der Waals surface area contributed by atoms with Crippen LogP contribution in [0, 0.1) is 6.92 Å². The van der Waals surface area contributed by atoms with Crippen LogP contribution >= 0.6 is 0 Å². The standard InChI is InChI=1S/C16H20N2O/c1-11-9-14(12-5-7-17-8-6-12)15-10-13(19-2)3-4-16(15)18-11/h3-4,9-10,12,17H,5-8H2,1-2H3. The van der Waals surface area contributed by atoms with Gasteiger partial charge in [-0.3, -0.25) is 4.98 Å². The molecule has 0 amide bonds. The third-order valence-corrected chi connectivity index (χ3v) is 3.95. The largest absolute Gasteiger partial charge is 0.497 e. The van der Waals surface area contributed by atoms with E-state index in [9.17, 15) is 0 Å². The molecule has 2 heterocycles. The van der Waals surface area contributed by atoms with Gasteiger partial charge in [0.05, 0.1) is 12.6 Å². The molecule has 2 aromatic rings. The fraction of sp³-hybridized carbons (Fsp3) is 0.438. The number of hydrogen-bond donors (Lipinski definition) is 1. The molecule has 1 aliphatic rings. The SMILES string of the molecule is COc1ccc2nc(C)cc(C3CCNCC3)c2c1. The zero-order valence-electron chi connectivity index (χ0n) is 11.6. The number of methoxy groups -OCH3 is 1. The number of nitrogens with one attached hydrogen (secondary N) is 1. The average molecular weight is 256 g/mol. The zero-order chi connectivity index (χ0) is 13.2. The third kappa shape index (κ3) is 2.43. The van der Waals surface area contributed by atoms with Crippen LogP contribution in [0.3, 0.4) is 0 Å². The maximum absolute atomic E-state index is 5.35. The van der Waals surface area contributed by atoms with E-state index >= 15 is 0 Å². The molecule has 0 aliphatic carbocycles. The Morgan fingerprint density at radius 1 is 1.21 bits per heavy atom. The lowest BCUT2D eigenvalue weighted by molar-refractivity contribution is 0.415. The number of nitrogens with zero attached hydrogens (tertiary/aromatic N) is 1. The average Bonchev–Trinajstić information content (AvgIpc) is 2.47. The number of hydrogen-bond acceptors (Lipinski definition) is 3. The molecular weight excluding hydrogens is 236 g/mol. The van der Waals surface area contributed by atoms with Crippen molar-refractivity contribution in [1.82, 2.24) is 10.3 Å². The summed E-state index contributed by atoms with van der Waals surface area (Å²) >= 11 is 0. The van der Waals surface area contributed by atoms with E-state index in [2.05, 4.69) is 35.4 Å². The van der Waals surface area contributed by atoms with Crippen molar-refractivity contribution >= 4 is 10.9 Å². The predicted molar refractivity (Wildman–Crippen MR) is 77.9 cm³/mol. The van der Waals surface area contributed by atoms with Gasteiger partial charge in [0.1, 0.15) is 5.75 Å². The second kappa shape index (κ2) is 5.17. The van der Waals surface area contributed by atoms with Crippen LogP contribution in [0.25, 0.3) is 10.9 Å². The maximum Gasteiger partial charge on any atom is 0.119 e. The highest BCUT2D eigenvalue weighted by Gasteiger charge is 2.18. The number of ether oxygens (including phenoxy) is 1. The van der Waals surface area contributed by atoms with E-state index in [0.29, 0.717) is 5.92 Å². The van der Waals surface area contributed by atoms with E-state index in [0.717, 1.165) is 30.0 Å². The highest BCUT2D eigenvalue weighted by Crippen LogP contribution is 2.33. The lowest BCUT2D eigenvalue weighted by atomic mass is 9.87. The van der Waals surface area contributed by atoms with Gasteiger partial charge < -0.3 is 10.1 Å². The van der Waals surface area contributed by atoms with Gasteiger partial charge in [0.2, 0.25) is 0 Å². The number of aromatic nitrogens is 1. The van der Waals surface area contributed by atoms with Crippen molar-refractivity contribution in [2.24, 2.45) is 0 Å². The van der Waals surface area contributed by atoms with E-state index in [1.54, 1.807) is 7.11 Å². The van der Waals surface area contributed by atoms with Gasteiger partial charge in [-0.1, -0.05) is 0 Å². The van der Waals surface area contributed by atoms with Gasteiger partial charge in [-0.15, -0.1) is 0 Å². The molecule has 0 bridgehead atoms. The summed E-state index contributed by atoms with van der Waals surface area (Å²) < 4.78 is 5.35. The van der Waals surface area contributed by atoms with E-state index in [-0.39, 0.29) is 0 Å². The van der Waals surface area contributed by atoms with E-state index in [1.165, 1.54) is 23.8 Å². The van der Waals surface area contributed by atoms with Crippen molar-refractivity contribution in [3.05, 3.63) is 35.5 Å². The molecule has 0 spiro atoms. The molecule has 1 aromatic heterocycles. The number of fused-ring (bicyclic) bond motifs is 1. The number of benzene rings is 1. The summed E-state index contributed by atoms with van der Waals surface area (Å²) in [5, 5.41) is 4.68. The molecule has 0 radical (unpaired) electrons. The molecule has 100 valence electrons. The monoisotopic (exact) mass is 256 g/mol. The Labute approximate surface area is 114 Å². The second-order valence-electron chi connectivity index (χ2n) is 5.26. The van der Waals surface area contributed by atoms with E-state index < -0.39 is 0 Å². The van der Waals surface area contributed by atoms with E-state index in [1.807, 2.05) is 6.07 Å². The Balaban J connectivity index is 2.14. The first-order valence-electron chi connectivity index (χ1n) is 6.94. The Morgan fingerprint density at radius 3 is 2.74 bits per heavy atom. The predicted octanol–water partition coefficient (Wildman–Crippen LogP) is 3.02. The molecular formula is C16H20N2O. The van der Waals surface area contributed by atoms with Gasteiger partial charge in [0, 0.05) is 11.1 Å². The Hall–Kier alpha value is -1.61. The molecule has 3 nitrogen and oxygen atoms in total. The van der Waals surface area contributed by atoms with Crippen LogP contribution in [0.5, 0.6) is 5.75 Å². The van der Waals surface area contributed by atoms with Crippen molar-refractivity contribution in [2.75, 3.05) is 20.2 Å². The molecule has 1 saturated heterocycles. The summed E-state index contributed by atoms with van der Waals surface area (Å²) in [7, 11) is 1.72. The fourth-order valence-electron chi connectivity index (χ4n) is 2.97. The first-order chi connectivity index (χ1) is 9.28. The van der Waals surface area contributed by atoms with Gasteiger partial charge in [-0.05, 0) is 68.6 Å². The van der Waals surface area contributed by atoms with Gasteiger partial charge in [0.15, 0.2) is 0 Å². The Morgan fingerprint density at radius 2 is 2.00 bits per heavy atom. The number of piperidine rings is 1. The number of rotatable bonds is 2. The molecule has 1 N–H and O–H groups in total. The van der Waals surface area contributed by atoms with Gasteiger partial charge in [-0.25, -0.2) is 0 Å². The summed E-state index contributed by atoms with van der Waals surface area (Å²) in [5.41, 5.74) is 3.61. The van der Waals surface area contributed by atoms with Crippen LogP contribution in [-0.2, 0) is 0 Å². The normalized spacial score (nSPS) is 16.7. The Kier molecular flexibility index (Phi) is 3.38. The smallest absolute Gasteiger partial charge is 0.119 e. The van der Waals surface area contributed by atoms with Crippen LogP contribution in [0.1, 0.15) is 30.0 Å². The summed E-state index contributed by atoms with van der Waals surface area (Å²) in [6, 6.07) is 8.42. The van der Waals surface area contributed by atoms with Crippen LogP contribution in [0.2, 0.25) is 0 Å². The van der Waals surface area contributed by atoms with Gasteiger partial charge >= 0.3 is 0 Å². The first kappa shape index (κ1) is 12.4. The lowest BCUT2D eigenvalue weighted by Crippen LogP contribution is -2.26. The highest BCUT2D eigenvalue weighted by atomic mass is 16.5. The summed E-state index contributed by atoms with van der Waals surface area (Å²) in [6.45, 7) is 4.29. The van der Waals surface area contributed by atoms with E-state index in [4.69, 9.17) is 4.74 Å². The molecule has 0 unspecified atom stereocenters.